The first kappa shape index (κ1) is 18.3. The van der Waals surface area contributed by atoms with Gasteiger partial charge in [-0.1, -0.05) is 19.0 Å². The van der Waals surface area contributed by atoms with E-state index in [2.05, 4.69) is 20.4 Å². The Hall–Kier alpha value is -2.48. The maximum Gasteiger partial charge on any atom is 0.257 e. The van der Waals surface area contributed by atoms with Gasteiger partial charge in [-0.25, -0.2) is 4.98 Å². The van der Waals surface area contributed by atoms with Crippen molar-refractivity contribution < 1.29 is 18.8 Å². The van der Waals surface area contributed by atoms with Crippen LogP contribution in [0.3, 0.4) is 0 Å². The maximum absolute atomic E-state index is 12.8. The number of hydrogen-bond donors (Lipinski definition) is 1. The first-order valence-corrected chi connectivity index (χ1v) is 8.81. The van der Waals surface area contributed by atoms with E-state index in [1.165, 1.54) is 7.11 Å². The number of pyridine rings is 1. The molecule has 0 aliphatic carbocycles. The van der Waals surface area contributed by atoms with Crippen LogP contribution in [-0.2, 0) is 4.74 Å². The fourth-order valence-electron chi connectivity index (χ4n) is 2.98. The average molecular weight is 360 g/mol. The van der Waals surface area contributed by atoms with E-state index in [0.717, 1.165) is 12.8 Å². The van der Waals surface area contributed by atoms with Crippen LogP contribution < -0.4 is 10.1 Å². The third-order valence-corrected chi connectivity index (χ3v) is 4.47. The number of methoxy groups -OCH3 is 1. The van der Waals surface area contributed by atoms with Gasteiger partial charge in [-0.2, -0.15) is 4.98 Å². The zero-order valence-corrected chi connectivity index (χ0v) is 15.3. The number of aromatic nitrogens is 3. The zero-order valence-electron chi connectivity index (χ0n) is 15.3. The highest BCUT2D eigenvalue weighted by molar-refractivity contribution is 5.96. The molecule has 2 aromatic rings. The number of nitrogens with one attached hydrogen (secondary N) is 1. The highest BCUT2D eigenvalue weighted by atomic mass is 16.5. The Balaban J connectivity index is 1.86. The van der Waals surface area contributed by atoms with Crippen molar-refractivity contribution in [1.82, 2.24) is 20.4 Å². The molecule has 1 N–H and O–H groups in total. The molecular formula is C18H24N4O4. The molecule has 3 heterocycles. The molecule has 0 unspecified atom stereocenters. The second-order valence-corrected chi connectivity index (χ2v) is 6.61. The van der Waals surface area contributed by atoms with E-state index < -0.39 is 0 Å². The molecule has 0 spiro atoms. The SMILES string of the molecule is COc1ncccc1C(=O)N[C@H](c1nc(C(C)C)no1)C1CCOCC1. The standard InChI is InChI=1S/C18H24N4O4/c1-11(2)15-21-18(26-22-15)14(12-6-9-25-10-7-12)20-16(23)13-5-4-8-19-17(13)24-3/h4-5,8,11-12,14H,6-7,9-10H2,1-3H3,(H,20,23)/t14-/m0/s1. The van der Waals surface area contributed by atoms with Crippen molar-refractivity contribution in [3.63, 3.8) is 0 Å². The van der Waals surface area contributed by atoms with Crippen LogP contribution in [0.15, 0.2) is 22.9 Å². The van der Waals surface area contributed by atoms with Crippen molar-refractivity contribution in [2.45, 2.75) is 38.6 Å². The number of ether oxygens (including phenoxy) is 2. The summed E-state index contributed by atoms with van der Waals surface area (Å²) in [6, 6.07) is 3.00. The molecule has 1 saturated heterocycles. The Morgan fingerprint density at radius 1 is 1.35 bits per heavy atom. The maximum atomic E-state index is 12.8. The van der Waals surface area contributed by atoms with Gasteiger partial charge < -0.3 is 19.3 Å². The molecule has 1 fully saturated rings. The minimum atomic E-state index is -0.378. The van der Waals surface area contributed by atoms with Crippen LogP contribution in [0.1, 0.15) is 60.7 Å². The van der Waals surface area contributed by atoms with E-state index in [0.29, 0.717) is 30.5 Å². The number of hydrogen-bond acceptors (Lipinski definition) is 7. The molecule has 1 amide bonds. The molecule has 140 valence electrons. The molecule has 8 nitrogen and oxygen atoms in total. The second kappa shape index (κ2) is 8.27. The third-order valence-electron chi connectivity index (χ3n) is 4.47. The summed E-state index contributed by atoms with van der Waals surface area (Å²) in [5.41, 5.74) is 0.371. The summed E-state index contributed by atoms with van der Waals surface area (Å²) < 4.78 is 16.1. The molecule has 1 atom stereocenters. The lowest BCUT2D eigenvalue weighted by atomic mass is 9.91. The highest BCUT2D eigenvalue weighted by Gasteiger charge is 2.32. The summed E-state index contributed by atoms with van der Waals surface area (Å²) in [6.07, 6.45) is 3.21. The van der Waals surface area contributed by atoms with Crippen molar-refractivity contribution in [3.8, 4) is 5.88 Å². The van der Waals surface area contributed by atoms with Crippen LogP contribution in [0, 0.1) is 5.92 Å². The highest BCUT2D eigenvalue weighted by Crippen LogP contribution is 2.30. The van der Waals surface area contributed by atoms with Gasteiger partial charge in [0.25, 0.3) is 5.91 Å². The smallest absolute Gasteiger partial charge is 0.257 e. The molecule has 2 aromatic heterocycles. The molecular weight excluding hydrogens is 336 g/mol. The Bertz CT molecular complexity index is 740. The molecule has 26 heavy (non-hydrogen) atoms. The molecule has 1 aliphatic rings. The molecule has 3 rings (SSSR count). The zero-order chi connectivity index (χ0) is 18.5. The minimum absolute atomic E-state index is 0.150. The lowest BCUT2D eigenvalue weighted by molar-refractivity contribution is 0.0467. The van der Waals surface area contributed by atoms with E-state index in [1.54, 1.807) is 18.3 Å². The Kier molecular flexibility index (Phi) is 5.82. The Morgan fingerprint density at radius 2 is 2.12 bits per heavy atom. The van der Waals surface area contributed by atoms with Gasteiger partial charge in [-0.15, -0.1) is 0 Å². The molecule has 0 radical (unpaired) electrons. The van der Waals surface area contributed by atoms with E-state index in [-0.39, 0.29) is 29.7 Å². The van der Waals surface area contributed by atoms with Gasteiger partial charge in [0.05, 0.1) is 7.11 Å². The fourth-order valence-corrected chi connectivity index (χ4v) is 2.98. The van der Waals surface area contributed by atoms with Gasteiger partial charge in [-0.05, 0) is 30.9 Å². The van der Waals surface area contributed by atoms with Gasteiger partial charge in [0.15, 0.2) is 5.82 Å². The van der Waals surface area contributed by atoms with Crippen LogP contribution in [0.5, 0.6) is 5.88 Å². The first-order chi connectivity index (χ1) is 12.6. The summed E-state index contributed by atoms with van der Waals surface area (Å²) in [5, 5.41) is 7.08. The van der Waals surface area contributed by atoms with Gasteiger partial charge in [0.1, 0.15) is 11.6 Å². The number of carbonyl (C=O) groups excluding carboxylic acids is 1. The third kappa shape index (κ3) is 4.01. The van der Waals surface area contributed by atoms with E-state index in [9.17, 15) is 4.79 Å². The summed E-state index contributed by atoms with van der Waals surface area (Å²) in [4.78, 5) is 21.4. The normalized spacial score (nSPS) is 16.5. The minimum Gasteiger partial charge on any atom is -0.480 e. The van der Waals surface area contributed by atoms with Crippen LogP contribution in [-0.4, -0.2) is 41.4 Å². The van der Waals surface area contributed by atoms with Crippen molar-refractivity contribution in [2.75, 3.05) is 20.3 Å². The van der Waals surface area contributed by atoms with E-state index in [4.69, 9.17) is 14.0 Å². The van der Waals surface area contributed by atoms with Gasteiger partial charge >= 0.3 is 0 Å². The number of nitrogens with zero attached hydrogens (tertiary/aromatic N) is 3. The molecule has 0 saturated carbocycles. The molecule has 1 aliphatic heterocycles. The van der Waals surface area contributed by atoms with Crippen molar-refractivity contribution >= 4 is 5.91 Å². The predicted molar refractivity (Wildman–Crippen MR) is 92.9 cm³/mol. The van der Waals surface area contributed by atoms with Crippen LogP contribution in [0.4, 0.5) is 0 Å². The average Bonchev–Trinajstić information content (AvgIpc) is 3.16. The monoisotopic (exact) mass is 360 g/mol. The molecule has 0 bridgehead atoms. The fraction of sp³-hybridized carbons (Fsp3) is 0.556. The van der Waals surface area contributed by atoms with E-state index in [1.807, 2.05) is 13.8 Å². The summed E-state index contributed by atoms with van der Waals surface area (Å²) in [5.74, 6) is 1.37. The molecule has 0 aromatic carbocycles. The summed E-state index contributed by atoms with van der Waals surface area (Å²) in [6.45, 7) is 5.30. The number of amides is 1. The van der Waals surface area contributed by atoms with Gasteiger partial charge in [0, 0.05) is 25.3 Å². The quantitative estimate of drug-likeness (QED) is 0.845. The topological polar surface area (TPSA) is 99.4 Å². The summed E-state index contributed by atoms with van der Waals surface area (Å²) in [7, 11) is 1.49. The second-order valence-electron chi connectivity index (χ2n) is 6.61. The van der Waals surface area contributed by atoms with E-state index >= 15 is 0 Å². The Labute approximate surface area is 152 Å². The van der Waals surface area contributed by atoms with Gasteiger partial charge in [0.2, 0.25) is 11.8 Å². The van der Waals surface area contributed by atoms with Crippen molar-refractivity contribution in [3.05, 3.63) is 35.6 Å². The Morgan fingerprint density at radius 3 is 2.77 bits per heavy atom. The van der Waals surface area contributed by atoms with Crippen molar-refractivity contribution in [2.24, 2.45) is 5.92 Å². The van der Waals surface area contributed by atoms with Crippen LogP contribution in [0.2, 0.25) is 0 Å². The van der Waals surface area contributed by atoms with Crippen molar-refractivity contribution in [1.29, 1.82) is 0 Å². The summed E-state index contributed by atoms with van der Waals surface area (Å²) >= 11 is 0. The van der Waals surface area contributed by atoms with Gasteiger partial charge in [-0.3, -0.25) is 4.79 Å². The predicted octanol–water partition coefficient (Wildman–Crippen LogP) is 2.49. The molecule has 8 heteroatoms. The first-order valence-electron chi connectivity index (χ1n) is 8.81. The van der Waals surface area contributed by atoms with Crippen LogP contribution in [0.25, 0.3) is 0 Å². The number of carbonyl (C=O) groups is 1. The lowest BCUT2D eigenvalue weighted by Gasteiger charge is -2.28. The lowest BCUT2D eigenvalue weighted by Crippen LogP contribution is -2.36. The largest absolute Gasteiger partial charge is 0.480 e. The van der Waals surface area contributed by atoms with Crippen LogP contribution >= 0.6 is 0 Å². The number of rotatable bonds is 6.